The van der Waals surface area contributed by atoms with E-state index in [1.807, 2.05) is 30.3 Å². The lowest BCUT2D eigenvalue weighted by molar-refractivity contribution is 0.0951. The van der Waals surface area contributed by atoms with Gasteiger partial charge in [0.2, 0.25) is 0 Å². The Hall–Kier alpha value is -3.65. The number of pyridine rings is 1. The minimum Gasteiger partial charge on any atom is -0.348 e. The molecule has 2 aromatic heterocycles. The van der Waals surface area contributed by atoms with Gasteiger partial charge in [-0.25, -0.2) is 4.98 Å². The Morgan fingerprint density at radius 2 is 1.97 bits per heavy atom. The van der Waals surface area contributed by atoms with Gasteiger partial charge in [-0.3, -0.25) is 4.79 Å². The van der Waals surface area contributed by atoms with Crippen molar-refractivity contribution in [2.75, 3.05) is 0 Å². The molecule has 1 aliphatic carbocycles. The number of nitrogens with zero attached hydrogens (tertiary/aromatic N) is 3. The number of nitriles is 1. The van der Waals surface area contributed by atoms with Crippen LogP contribution in [0.5, 0.6) is 0 Å². The second-order valence-corrected chi connectivity index (χ2v) is 8.13. The van der Waals surface area contributed by atoms with Crippen molar-refractivity contribution in [3.63, 3.8) is 0 Å². The molecule has 0 spiro atoms. The molecule has 0 saturated carbocycles. The number of aryl methyl sites for hydroxylation is 2. The number of rotatable bonds is 4. The summed E-state index contributed by atoms with van der Waals surface area (Å²) in [5, 5.41) is 14.3. The quantitative estimate of drug-likeness (QED) is 0.523. The maximum atomic E-state index is 12.9. The summed E-state index contributed by atoms with van der Waals surface area (Å²) in [4.78, 5) is 17.2. The van der Waals surface area contributed by atoms with Crippen LogP contribution in [0.4, 0.5) is 0 Å². The number of carbonyl (C=O) groups is 1. The Morgan fingerprint density at radius 1 is 1.13 bits per heavy atom. The molecule has 1 N–H and O–H groups in total. The Balaban J connectivity index is 1.39. The second kappa shape index (κ2) is 7.88. The molecule has 0 bridgehead atoms. The zero-order valence-corrected chi connectivity index (χ0v) is 17.6. The molecule has 0 unspecified atom stereocenters. The first-order valence-corrected chi connectivity index (χ1v) is 10.9. The Kier molecular flexibility index (Phi) is 4.91. The monoisotopic (exact) mass is 408 g/mol. The third kappa shape index (κ3) is 3.44. The van der Waals surface area contributed by atoms with Crippen molar-refractivity contribution in [2.24, 2.45) is 0 Å². The first-order valence-electron chi connectivity index (χ1n) is 10.9. The number of benzene rings is 2. The van der Waals surface area contributed by atoms with Crippen molar-refractivity contribution < 1.29 is 4.79 Å². The van der Waals surface area contributed by atoms with E-state index in [1.54, 1.807) is 6.07 Å². The van der Waals surface area contributed by atoms with E-state index in [4.69, 9.17) is 5.26 Å². The first kappa shape index (κ1) is 19.3. The van der Waals surface area contributed by atoms with Gasteiger partial charge in [0.05, 0.1) is 5.52 Å². The van der Waals surface area contributed by atoms with Gasteiger partial charge in [0.1, 0.15) is 11.8 Å². The number of carbonyl (C=O) groups excluding carboxylic acids is 1. The number of hydrogen-bond donors (Lipinski definition) is 1. The second-order valence-electron chi connectivity index (χ2n) is 8.13. The van der Waals surface area contributed by atoms with E-state index in [0.29, 0.717) is 17.8 Å². The summed E-state index contributed by atoms with van der Waals surface area (Å²) in [6.45, 7) is 3.56. The van der Waals surface area contributed by atoms with Crippen LogP contribution in [0.1, 0.15) is 52.6 Å². The van der Waals surface area contributed by atoms with E-state index in [1.165, 1.54) is 35.0 Å². The highest BCUT2D eigenvalue weighted by Crippen LogP contribution is 2.32. The highest BCUT2D eigenvalue weighted by molar-refractivity contribution is 5.99. The van der Waals surface area contributed by atoms with Crippen LogP contribution in [-0.4, -0.2) is 15.5 Å². The molecule has 0 atom stereocenters. The van der Waals surface area contributed by atoms with Gasteiger partial charge in [-0.05, 0) is 80.1 Å². The molecule has 5 nitrogen and oxygen atoms in total. The van der Waals surface area contributed by atoms with Crippen LogP contribution in [0, 0.1) is 11.3 Å². The largest absolute Gasteiger partial charge is 0.348 e. The Labute approximate surface area is 181 Å². The van der Waals surface area contributed by atoms with Crippen LogP contribution in [0.15, 0.2) is 48.5 Å². The van der Waals surface area contributed by atoms with Gasteiger partial charge >= 0.3 is 0 Å². The fraction of sp³-hybridized carbons (Fsp3) is 0.269. The molecule has 31 heavy (non-hydrogen) atoms. The summed E-state index contributed by atoms with van der Waals surface area (Å²) in [5.41, 5.74) is 6.91. The zero-order chi connectivity index (χ0) is 21.4. The van der Waals surface area contributed by atoms with Gasteiger partial charge < -0.3 is 9.88 Å². The normalized spacial score (nSPS) is 13.2. The van der Waals surface area contributed by atoms with E-state index >= 15 is 0 Å². The molecule has 2 aromatic carbocycles. The van der Waals surface area contributed by atoms with Gasteiger partial charge in [-0.2, -0.15) is 5.26 Å². The summed E-state index contributed by atoms with van der Waals surface area (Å²) < 4.78 is 2.41. The molecule has 1 amide bonds. The van der Waals surface area contributed by atoms with Crippen LogP contribution in [-0.2, 0) is 25.9 Å². The minimum absolute atomic E-state index is 0.0745. The summed E-state index contributed by atoms with van der Waals surface area (Å²) >= 11 is 0. The Bertz CT molecular complexity index is 1360. The predicted octanol–water partition coefficient (Wildman–Crippen LogP) is 4.89. The smallest absolute Gasteiger partial charge is 0.251 e. The van der Waals surface area contributed by atoms with E-state index < -0.39 is 0 Å². The fourth-order valence-corrected chi connectivity index (χ4v) is 4.76. The van der Waals surface area contributed by atoms with Gasteiger partial charge in [-0.15, -0.1) is 0 Å². The molecule has 0 fully saturated rings. The van der Waals surface area contributed by atoms with Gasteiger partial charge in [0.15, 0.2) is 0 Å². The molecule has 0 saturated heterocycles. The van der Waals surface area contributed by atoms with Crippen molar-refractivity contribution in [3.05, 3.63) is 76.6 Å². The number of fused-ring (bicyclic) bond motifs is 4. The third-order valence-corrected chi connectivity index (χ3v) is 6.28. The third-order valence-electron chi connectivity index (χ3n) is 6.28. The number of nitrogens with one attached hydrogen (secondary N) is 1. The zero-order valence-electron chi connectivity index (χ0n) is 17.6. The van der Waals surface area contributed by atoms with Crippen LogP contribution >= 0.6 is 0 Å². The van der Waals surface area contributed by atoms with Crippen LogP contribution in [0.2, 0.25) is 0 Å². The lowest BCUT2D eigenvalue weighted by atomic mass is 9.95. The summed E-state index contributed by atoms with van der Waals surface area (Å²) in [6, 6.07) is 17.6. The summed E-state index contributed by atoms with van der Waals surface area (Å²) in [5.74, 6) is -0.0745. The van der Waals surface area contributed by atoms with E-state index in [-0.39, 0.29) is 5.91 Å². The van der Waals surface area contributed by atoms with Crippen LogP contribution in [0.25, 0.3) is 21.8 Å². The van der Waals surface area contributed by atoms with Crippen molar-refractivity contribution in [3.8, 4) is 6.07 Å². The van der Waals surface area contributed by atoms with Gasteiger partial charge in [0.25, 0.3) is 5.91 Å². The molecular weight excluding hydrogens is 384 g/mol. The molecule has 4 aromatic rings. The SMILES string of the molecule is CCn1c2c(c3cc(C(=O)NCc4ccc5ccc(C#N)nc5c4)ccc31)CCCC2. The molecule has 5 heteroatoms. The molecule has 0 aliphatic heterocycles. The van der Waals surface area contributed by atoms with Crippen molar-refractivity contribution in [2.45, 2.75) is 45.7 Å². The van der Waals surface area contributed by atoms with Gasteiger partial charge in [0, 0.05) is 40.6 Å². The van der Waals surface area contributed by atoms with Crippen LogP contribution in [0.3, 0.4) is 0 Å². The van der Waals surface area contributed by atoms with Crippen LogP contribution < -0.4 is 5.32 Å². The predicted molar refractivity (Wildman–Crippen MR) is 122 cm³/mol. The Morgan fingerprint density at radius 3 is 2.81 bits per heavy atom. The topological polar surface area (TPSA) is 70.7 Å². The highest BCUT2D eigenvalue weighted by Gasteiger charge is 2.20. The molecule has 1 aliphatic rings. The van der Waals surface area contributed by atoms with Crippen molar-refractivity contribution in [1.82, 2.24) is 14.9 Å². The number of aromatic nitrogens is 2. The number of hydrogen-bond acceptors (Lipinski definition) is 3. The number of amides is 1. The lowest BCUT2D eigenvalue weighted by Crippen LogP contribution is -2.22. The first-order chi connectivity index (χ1) is 15.2. The van der Waals surface area contributed by atoms with Crippen molar-refractivity contribution >= 4 is 27.7 Å². The summed E-state index contributed by atoms with van der Waals surface area (Å²) in [7, 11) is 0. The lowest BCUT2D eigenvalue weighted by Gasteiger charge is -2.14. The molecule has 154 valence electrons. The maximum Gasteiger partial charge on any atom is 0.251 e. The summed E-state index contributed by atoms with van der Waals surface area (Å²) in [6.07, 6.45) is 4.69. The van der Waals surface area contributed by atoms with Crippen molar-refractivity contribution in [1.29, 1.82) is 5.26 Å². The molecule has 0 radical (unpaired) electrons. The maximum absolute atomic E-state index is 12.9. The average Bonchev–Trinajstić information content (AvgIpc) is 3.14. The molecule has 2 heterocycles. The van der Waals surface area contributed by atoms with E-state index in [0.717, 1.165) is 35.9 Å². The standard InChI is InChI=1S/C26H24N4O/c1-2-30-24-6-4-3-5-21(24)22-14-19(10-12-25(22)30)26(31)28-16-17-7-8-18-9-11-20(15-27)29-23(18)13-17/h7-14H,2-6,16H2,1H3,(H,28,31). The van der Waals surface area contributed by atoms with E-state index in [9.17, 15) is 4.79 Å². The van der Waals surface area contributed by atoms with E-state index in [2.05, 4.69) is 40.0 Å². The van der Waals surface area contributed by atoms with Gasteiger partial charge in [-0.1, -0.05) is 12.1 Å². The molecular formula is C26H24N4O. The highest BCUT2D eigenvalue weighted by atomic mass is 16.1. The average molecular weight is 409 g/mol. The molecule has 5 rings (SSSR count). The minimum atomic E-state index is -0.0745. The fourth-order valence-electron chi connectivity index (χ4n) is 4.76.